The summed E-state index contributed by atoms with van der Waals surface area (Å²) in [6.07, 6.45) is 1.10. The van der Waals surface area contributed by atoms with Crippen molar-refractivity contribution in [3.8, 4) is 0 Å². The smallest absolute Gasteiger partial charge is 0.329 e. The number of nitrogens with zero attached hydrogens (tertiary/aromatic N) is 1. The predicted octanol–water partition coefficient (Wildman–Crippen LogP) is -0.716. The summed E-state index contributed by atoms with van der Waals surface area (Å²) >= 11 is 1.34. The van der Waals surface area contributed by atoms with E-state index in [0.717, 1.165) is 0 Å². The summed E-state index contributed by atoms with van der Waals surface area (Å²) in [6, 6.07) is 1.27. The zero-order valence-electron chi connectivity index (χ0n) is 9.29. The van der Waals surface area contributed by atoms with Gasteiger partial charge in [0, 0.05) is 18.7 Å². The van der Waals surface area contributed by atoms with E-state index in [1.54, 1.807) is 6.92 Å². The van der Waals surface area contributed by atoms with E-state index in [-0.39, 0.29) is 12.0 Å². The molecule has 0 saturated carbocycles. The quantitative estimate of drug-likeness (QED) is 0.651. The van der Waals surface area contributed by atoms with Crippen molar-refractivity contribution in [2.24, 2.45) is 0 Å². The largest absolute Gasteiger partial charge is 0.395 e. The Balaban J connectivity index is 2.32. The lowest BCUT2D eigenvalue weighted by atomic mass is 10.0. The number of hydrogen-bond donors (Lipinski definition) is 3. The van der Waals surface area contributed by atoms with Gasteiger partial charge in [-0.05, 0) is 6.92 Å². The van der Waals surface area contributed by atoms with E-state index in [1.807, 2.05) is 0 Å². The van der Waals surface area contributed by atoms with Gasteiger partial charge in [-0.3, -0.25) is 14.3 Å². The SMILES string of the molecule is C[C@]1(CO)S[C@@H](n2ccc(=O)[nH]c2=O)C[C@@H]1O. The number of nitrogens with one attached hydrogen (secondary N) is 1. The van der Waals surface area contributed by atoms with E-state index < -0.39 is 22.1 Å². The van der Waals surface area contributed by atoms with Crippen molar-refractivity contribution in [3.05, 3.63) is 33.1 Å². The highest BCUT2D eigenvalue weighted by molar-refractivity contribution is 8.01. The van der Waals surface area contributed by atoms with Crippen molar-refractivity contribution >= 4 is 11.8 Å². The lowest BCUT2D eigenvalue weighted by Crippen LogP contribution is -2.34. The van der Waals surface area contributed by atoms with Crippen molar-refractivity contribution in [2.75, 3.05) is 6.61 Å². The van der Waals surface area contributed by atoms with Crippen LogP contribution in [0.3, 0.4) is 0 Å². The fourth-order valence-electron chi connectivity index (χ4n) is 1.84. The van der Waals surface area contributed by atoms with Crippen molar-refractivity contribution in [3.63, 3.8) is 0 Å². The fraction of sp³-hybridized carbons (Fsp3) is 0.600. The molecule has 6 nitrogen and oxygen atoms in total. The molecule has 0 bridgehead atoms. The van der Waals surface area contributed by atoms with Gasteiger partial charge in [0.1, 0.15) is 0 Å². The molecular weight excluding hydrogens is 244 g/mol. The Morgan fingerprint density at radius 1 is 1.65 bits per heavy atom. The van der Waals surface area contributed by atoms with Gasteiger partial charge in [0.05, 0.1) is 22.8 Å². The lowest BCUT2D eigenvalue weighted by Gasteiger charge is -2.23. The van der Waals surface area contributed by atoms with Crippen molar-refractivity contribution in [1.29, 1.82) is 0 Å². The van der Waals surface area contributed by atoms with Gasteiger partial charge in [-0.25, -0.2) is 4.79 Å². The Morgan fingerprint density at radius 2 is 2.35 bits per heavy atom. The van der Waals surface area contributed by atoms with E-state index in [9.17, 15) is 19.8 Å². The van der Waals surface area contributed by atoms with E-state index in [4.69, 9.17) is 0 Å². The number of rotatable bonds is 2. The monoisotopic (exact) mass is 258 g/mol. The lowest BCUT2D eigenvalue weighted by molar-refractivity contribution is 0.0980. The molecule has 2 rings (SSSR count). The zero-order chi connectivity index (χ0) is 12.6. The summed E-state index contributed by atoms with van der Waals surface area (Å²) in [7, 11) is 0. The normalized spacial score (nSPS) is 32.9. The second kappa shape index (κ2) is 4.32. The standard InChI is InChI=1S/C10H14N2O4S/c1-10(5-13)6(14)4-8(17-10)12-3-2-7(15)11-9(12)16/h2-3,6,8,13-14H,4-5H2,1H3,(H,11,15,16)/t6-,8+,10+/m0/s1. The average Bonchev–Trinajstić information content (AvgIpc) is 2.56. The summed E-state index contributed by atoms with van der Waals surface area (Å²) in [5.41, 5.74) is -0.941. The maximum absolute atomic E-state index is 11.6. The number of aromatic nitrogens is 2. The van der Waals surface area contributed by atoms with Crippen molar-refractivity contribution < 1.29 is 10.2 Å². The van der Waals surface area contributed by atoms with Crippen LogP contribution < -0.4 is 11.2 Å². The van der Waals surface area contributed by atoms with Crippen LogP contribution in [0.2, 0.25) is 0 Å². The zero-order valence-corrected chi connectivity index (χ0v) is 10.1. The molecule has 0 aromatic carbocycles. The fourth-order valence-corrected chi connectivity index (χ4v) is 3.35. The van der Waals surface area contributed by atoms with Crippen LogP contribution in [0.25, 0.3) is 0 Å². The van der Waals surface area contributed by atoms with Gasteiger partial charge in [0.2, 0.25) is 0 Å². The molecule has 0 amide bonds. The average molecular weight is 258 g/mol. The van der Waals surface area contributed by atoms with Gasteiger partial charge in [0.25, 0.3) is 5.56 Å². The molecule has 1 aromatic heterocycles. The van der Waals surface area contributed by atoms with Crippen LogP contribution in [-0.2, 0) is 0 Å². The van der Waals surface area contributed by atoms with Crippen LogP contribution in [-0.4, -0.2) is 37.2 Å². The minimum absolute atomic E-state index is 0.159. The highest BCUT2D eigenvalue weighted by Gasteiger charge is 2.44. The van der Waals surface area contributed by atoms with Crippen LogP contribution in [0.15, 0.2) is 21.9 Å². The topological polar surface area (TPSA) is 95.3 Å². The molecule has 2 heterocycles. The van der Waals surface area contributed by atoms with Gasteiger partial charge in [-0.1, -0.05) is 0 Å². The first-order valence-electron chi connectivity index (χ1n) is 5.24. The Hall–Kier alpha value is -1.05. The Morgan fingerprint density at radius 3 is 2.88 bits per heavy atom. The first kappa shape index (κ1) is 12.4. The number of aromatic amines is 1. The van der Waals surface area contributed by atoms with E-state index in [1.165, 1.54) is 28.6 Å². The molecular formula is C10H14N2O4S. The number of H-pyrrole nitrogens is 1. The summed E-state index contributed by atoms with van der Waals surface area (Å²) in [4.78, 5) is 24.7. The summed E-state index contributed by atoms with van der Waals surface area (Å²) in [5.74, 6) is 0. The molecule has 17 heavy (non-hydrogen) atoms. The molecule has 0 aliphatic carbocycles. The second-order valence-electron chi connectivity index (χ2n) is 4.31. The van der Waals surface area contributed by atoms with Gasteiger partial charge in [-0.15, -0.1) is 11.8 Å². The van der Waals surface area contributed by atoms with E-state index in [0.29, 0.717) is 6.42 Å². The summed E-state index contributed by atoms with van der Waals surface area (Å²) in [5, 5.41) is 18.8. The van der Waals surface area contributed by atoms with Crippen LogP contribution in [0.5, 0.6) is 0 Å². The summed E-state index contributed by atoms with van der Waals surface area (Å²) in [6.45, 7) is 1.59. The molecule has 7 heteroatoms. The minimum Gasteiger partial charge on any atom is -0.395 e. The Labute approximate surface area is 101 Å². The molecule has 1 fully saturated rings. The number of hydrogen-bond acceptors (Lipinski definition) is 5. The van der Waals surface area contributed by atoms with Gasteiger partial charge < -0.3 is 10.2 Å². The number of thioether (sulfide) groups is 1. The first-order valence-corrected chi connectivity index (χ1v) is 6.12. The number of aliphatic hydroxyl groups excluding tert-OH is 2. The third-order valence-electron chi connectivity index (χ3n) is 3.01. The Kier molecular flexibility index (Phi) is 3.15. The Bertz CT molecular complexity index is 526. The molecule has 0 spiro atoms. The van der Waals surface area contributed by atoms with Crippen molar-refractivity contribution in [2.45, 2.75) is 29.6 Å². The van der Waals surface area contributed by atoms with Gasteiger partial charge in [-0.2, -0.15) is 0 Å². The molecule has 0 radical (unpaired) electrons. The summed E-state index contributed by atoms with van der Waals surface area (Å²) < 4.78 is 0.705. The van der Waals surface area contributed by atoms with Crippen LogP contribution in [0, 0.1) is 0 Å². The molecule has 1 aliphatic rings. The van der Waals surface area contributed by atoms with Crippen LogP contribution in [0.1, 0.15) is 18.7 Å². The van der Waals surface area contributed by atoms with E-state index in [2.05, 4.69) is 4.98 Å². The number of aliphatic hydroxyl groups is 2. The molecule has 3 N–H and O–H groups in total. The molecule has 1 aliphatic heterocycles. The van der Waals surface area contributed by atoms with Crippen molar-refractivity contribution in [1.82, 2.24) is 9.55 Å². The van der Waals surface area contributed by atoms with Gasteiger partial charge >= 0.3 is 5.69 Å². The molecule has 94 valence electrons. The molecule has 1 aromatic rings. The molecule has 0 unspecified atom stereocenters. The molecule has 1 saturated heterocycles. The second-order valence-corrected chi connectivity index (χ2v) is 6.02. The highest BCUT2D eigenvalue weighted by atomic mass is 32.2. The maximum Gasteiger partial charge on any atom is 0.329 e. The highest BCUT2D eigenvalue weighted by Crippen LogP contribution is 2.48. The molecule has 3 atom stereocenters. The predicted molar refractivity (Wildman–Crippen MR) is 64.1 cm³/mol. The third-order valence-corrected chi connectivity index (χ3v) is 4.64. The minimum atomic E-state index is -0.679. The van der Waals surface area contributed by atoms with Crippen LogP contribution >= 0.6 is 11.8 Å². The maximum atomic E-state index is 11.6. The van der Waals surface area contributed by atoms with Gasteiger partial charge in [0.15, 0.2) is 0 Å². The van der Waals surface area contributed by atoms with E-state index >= 15 is 0 Å². The third kappa shape index (κ3) is 2.18. The van der Waals surface area contributed by atoms with Crippen LogP contribution in [0.4, 0.5) is 0 Å². The first-order chi connectivity index (χ1) is 7.96.